The lowest BCUT2D eigenvalue weighted by Gasteiger charge is -2.06. The zero-order valence-corrected chi connectivity index (χ0v) is 11.4. The molecule has 0 saturated heterocycles. The van der Waals surface area contributed by atoms with Crippen molar-refractivity contribution in [3.8, 4) is 0 Å². The molecular weight excluding hydrogens is 246 g/mol. The van der Waals surface area contributed by atoms with E-state index in [1.54, 1.807) is 11.8 Å². The van der Waals surface area contributed by atoms with Gasteiger partial charge in [-0.15, -0.1) is 11.8 Å². The van der Waals surface area contributed by atoms with Crippen LogP contribution in [0.15, 0.2) is 29.7 Å². The van der Waals surface area contributed by atoms with Crippen molar-refractivity contribution in [2.75, 3.05) is 18.1 Å². The molecule has 2 aromatic heterocycles. The molecule has 0 fully saturated rings. The summed E-state index contributed by atoms with van der Waals surface area (Å²) in [6.45, 7) is 3.83. The molecule has 0 bridgehead atoms. The van der Waals surface area contributed by atoms with Crippen LogP contribution >= 0.6 is 11.8 Å². The number of hydrogen-bond donors (Lipinski definition) is 1. The fourth-order valence-electron chi connectivity index (χ4n) is 1.60. The first-order valence-corrected chi connectivity index (χ1v) is 7.09. The Kier molecular flexibility index (Phi) is 4.58. The standard InChI is InChI=1S/C12H17N5S/c1-10-13-5-7-17(10)6-3-4-14-12-15-8-11(18-2)9-16-12/h5,7-9H,3-4,6H2,1-2H3,(H,14,15,16). The van der Waals surface area contributed by atoms with Gasteiger partial charge < -0.3 is 9.88 Å². The molecule has 0 saturated carbocycles. The molecule has 0 aromatic carbocycles. The van der Waals surface area contributed by atoms with Gasteiger partial charge in [0.1, 0.15) is 5.82 Å². The van der Waals surface area contributed by atoms with Crippen molar-refractivity contribution in [3.63, 3.8) is 0 Å². The first-order valence-electron chi connectivity index (χ1n) is 5.87. The van der Waals surface area contributed by atoms with Gasteiger partial charge in [0.15, 0.2) is 0 Å². The minimum Gasteiger partial charge on any atom is -0.354 e. The highest BCUT2D eigenvalue weighted by Gasteiger charge is 1.98. The van der Waals surface area contributed by atoms with Crippen LogP contribution in [0, 0.1) is 6.92 Å². The van der Waals surface area contributed by atoms with Crippen LogP contribution in [0.4, 0.5) is 5.95 Å². The summed E-state index contributed by atoms with van der Waals surface area (Å²) in [5.41, 5.74) is 0. The van der Waals surface area contributed by atoms with E-state index in [1.165, 1.54) is 0 Å². The number of nitrogens with zero attached hydrogens (tertiary/aromatic N) is 4. The lowest BCUT2D eigenvalue weighted by atomic mass is 10.4. The predicted octanol–water partition coefficient (Wildman–Crippen LogP) is 2.21. The molecule has 5 nitrogen and oxygen atoms in total. The van der Waals surface area contributed by atoms with Gasteiger partial charge in [0, 0.05) is 42.8 Å². The van der Waals surface area contributed by atoms with Crippen molar-refractivity contribution in [1.82, 2.24) is 19.5 Å². The molecule has 0 spiro atoms. The molecule has 0 aliphatic heterocycles. The maximum atomic E-state index is 4.24. The lowest BCUT2D eigenvalue weighted by Crippen LogP contribution is -2.09. The number of anilines is 1. The number of aromatic nitrogens is 4. The molecule has 0 amide bonds. The van der Waals surface area contributed by atoms with Gasteiger partial charge in [0.25, 0.3) is 0 Å². The molecule has 2 rings (SSSR count). The average Bonchev–Trinajstić information content (AvgIpc) is 2.81. The van der Waals surface area contributed by atoms with Gasteiger partial charge in [0.2, 0.25) is 5.95 Å². The maximum absolute atomic E-state index is 4.24. The number of aryl methyl sites for hydroxylation is 2. The molecule has 0 atom stereocenters. The third kappa shape index (κ3) is 3.46. The molecule has 0 radical (unpaired) electrons. The molecule has 2 heterocycles. The summed E-state index contributed by atoms with van der Waals surface area (Å²) in [4.78, 5) is 13.7. The highest BCUT2D eigenvalue weighted by Crippen LogP contribution is 2.11. The fraction of sp³-hybridized carbons (Fsp3) is 0.417. The molecule has 0 unspecified atom stereocenters. The normalized spacial score (nSPS) is 10.6. The van der Waals surface area contributed by atoms with E-state index < -0.39 is 0 Å². The first kappa shape index (κ1) is 12.9. The number of imidazole rings is 1. The van der Waals surface area contributed by atoms with Crippen molar-refractivity contribution in [2.45, 2.75) is 24.8 Å². The Labute approximate surface area is 111 Å². The van der Waals surface area contributed by atoms with Crippen LogP contribution in [0.3, 0.4) is 0 Å². The highest BCUT2D eigenvalue weighted by atomic mass is 32.2. The van der Waals surface area contributed by atoms with Gasteiger partial charge in [-0.2, -0.15) is 0 Å². The minimum absolute atomic E-state index is 0.690. The van der Waals surface area contributed by atoms with Crippen molar-refractivity contribution in [3.05, 3.63) is 30.6 Å². The molecule has 18 heavy (non-hydrogen) atoms. The summed E-state index contributed by atoms with van der Waals surface area (Å²) >= 11 is 1.64. The summed E-state index contributed by atoms with van der Waals surface area (Å²) in [7, 11) is 0. The van der Waals surface area contributed by atoms with E-state index in [2.05, 4.69) is 24.8 Å². The molecule has 0 aliphatic carbocycles. The van der Waals surface area contributed by atoms with E-state index >= 15 is 0 Å². The van der Waals surface area contributed by atoms with E-state index in [4.69, 9.17) is 0 Å². The van der Waals surface area contributed by atoms with E-state index in [0.717, 1.165) is 30.2 Å². The zero-order valence-electron chi connectivity index (χ0n) is 10.6. The smallest absolute Gasteiger partial charge is 0.222 e. The van der Waals surface area contributed by atoms with Gasteiger partial charge in [-0.3, -0.25) is 0 Å². The average molecular weight is 263 g/mol. The van der Waals surface area contributed by atoms with E-state index in [0.29, 0.717) is 5.95 Å². The number of hydrogen-bond acceptors (Lipinski definition) is 5. The van der Waals surface area contributed by atoms with Crippen LogP contribution in [0.2, 0.25) is 0 Å². The maximum Gasteiger partial charge on any atom is 0.222 e. The Morgan fingerprint density at radius 1 is 1.28 bits per heavy atom. The third-order valence-electron chi connectivity index (χ3n) is 2.65. The summed E-state index contributed by atoms with van der Waals surface area (Å²) < 4.78 is 2.14. The quantitative estimate of drug-likeness (QED) is 0.639. The van der Waals surface area contributed by atoms with Crippen molar-refractivity contribution in [1.29, 1.82) is 0 Å². The Balaban J connectivity index is 1.73. The Hall–Kier alpha value is -1.56. The largest absolute Gasteiger partial charge is 0.354 e. The molecule has 0 aliphatic rings. The Bertz CT molecular complexity index is 479. The molecule has 1 N–H and O–H groups in total. The minimum atomic E-state index is 0.690. The first-order chi connectivity index (χ1) is 8.79. The molecular formula is C12H17N5S. The second-order valence-corrected chi connectivity index (χ2v) is 4.77. The predicted molar refractivity (Wildman–Crippen MR) is 73.9 cm³/mol. The van der Waals surface area contributed by atoms with Crippen molar-refractivity contribution < 1.29 is 0 Å². The third-order valence-corrected chi connectivity index (χ3v) is 3.33. The lowest BCUT2D eigenvalue weighted by molar-refractivity contribution is 0.641. The summed E-state index contributed by atoms with van der Waals surface area (Å²) in [6, 6.07) is 0. The SMILES string of the molecule is CSc1cnc(NCCCn2ccnc2C)nc1. The van der Waals surface area contributed by atoms with Gasteiger partial charge >= 0.3 is 0 Å². The fourth-order valence-corrected chi connectivity index (χ4v) is 1.92. The van der Waals surface area contributed by atoms with E-state index in [9.17, 15) is 0 Å². The van der Waals surface area contributed by atoms with Crippen LogP contribution in [-0.2, 0) is 6.54 Å². The van der Waals surface area contributed by atoms with Gasteiger partial charge in [0.05, 0.1) is 0 Å². The van der Waals surface area contributed by atoms with Crippen molar-refractivity contribution >= 4 is 17.7 Å². The second-order valence-electron chi connectivity index (χ2n) is 3.89. The number of thioether (sulfide) groups is 1. The highest BCUT2D eigenvalue weighted by molar-refractivity contribution is 7.98. The van der Waals surface area contributed by atoms with Gasteiger partial charge in [-0.1, -0.05) is 0 Å². The van der Waals surface area contributed by atoms with Gasteiger partial charge in [-0.25, -0.2) is 15.0 Å². The van der Waals surface area contributed by atoms with E-state index in [-0.39, 0.29) is 0 Å². The van der Waals surface area contributed by atoms with Crippen molar-refractivity contribution in [2.24, 2.45) is 0 Å². The van der Waals surface area contributed by atoms with Gasteiger partial charge in [-0.05, 0) is 19.6 Å². The number of nitrogens with one attached hydrogen (secondary N) is 1. The summed E-state index contributed by atoms with van der Waals surface area (Å²) in [5.74, 6) is 1.74. The van der Waals surface area contributed by atoms with E-state index in [1.807, 2.05) is 38.0 Å². The monoisotopic (exact) mass is 263 g/mol. The topological polar surface area (TPSA) is 55.6 Å². The molecule has 96 valence electrons. The summed E-state index contributed by atoms with van der Waals surface area (Å²) in [6.07, 6.45) is 10.5. The zero-order chi connectivity index (χ0) is 12.8. The van der Waals surface area contributed by atoms with Crippen LogP contribution < -0.4 is 5.32 Å². The number of rotatable bonds is 6. The molecule has 2 aromatic rings. The Morgan fingerprint density at radius 2 is 2.06 bits per heavy atom. The Morgan fingerprint density at radius 3 is 2.67 bits per heavy atom. The van der Waals surface area contributed by atoms with Crippen LogP contribution in [0.25, 0.3) is 0 Å². The van der Waals surface area contributed by atoms with Crippen LogP contribution in [-0.4, -0.2) is 32.3 Å². The van der Waals surface area contributed by atoms with Crippen LogP contribution in [0.1, 0.15) is 12.2 Å². The molecule has 6 heteroatoms. The summed E-state index contributed by atoms with van der Waals surface area (Å²) in [5, 5.41) is 3.21. The van der Waals surface area contributed by atoms with Crippen LogP contribution in [0.5, 0.6) is 0 Å². The second kappa shape index (κ2) is 6.39.